The molecule has 3 unspecified atom stereocenters. The SMILES string of the molecule is CNC(CCC1CC1)C1COC(C)C1. The van der Waals surface area contributed by atoms with E-state index in [1.54, 1.807) is 0 Å². The van der Waals surface area contributed by atoms with Crippen molar-refractivity contribution in [1.29, 1.82) is 0 Å². The van der Waals surface area contributed by atoms with Crippen molar-refractivity contribution in [2.75, 3.05) is 13.7 Å². The molecular formula is C12H23NO. The highest BCUT2D eigenvalue weighted by molar-refractivity contribution is 4.83. The maximum Gasteiger partial charge on any atom is 0.0551 e. The van der Waals surface area contributed by atoms with Gasteiger partial charge in [0.2, 0.25) is 0 Å². The number of hydrogen-bond acceptors (Lipinski definition) is 2. The lowest BCUT2D eigenvalue weighted by Crippen LogP contribution is -2.34. The summed E-state index contributed by atoms with van der Waals surface area (Å²) in [6.07, 6.45) is 7.47. The monoisotopic (exact) mass is 197 g/mol. The van der Waals surface area contributed by atoms with Gasteiger partial charge in [-0.2, -0.15) is 0 Å². The molecule has 2 fully saturated rings. The molecule has 0 radical (unpaired) electrons. The highest BCUT2D eigenvalue weighted by atomic mass is 16.5. The van der Waals surface area contributed by atoms with Gasteiger partial charge in [0, 0.05) is 12.0 Å². The molecule has 1 N–H and O–H groups in total. The van der Waals surface area contributed by atoms with Crippen LogP contribution in [0.2, 0.25) is 0 Å². The number of hydrogen-bond donors (Lipinski definition) is 1. The molecule has 2 aliphatic rings. The summed E-state index contributed by atoms with van der Waals surface area (Å²) in [6, 6.07) is 0.695. The van der Waals surface area contributed by atoms with Crippen molar-refractivity contribution in [3.05, 3.63) is 0 Å². The quantitative estimate of drug-likeness (QED) is 0.729. The van der Waals surface area contributed by atoms with Crippen molar-refractivity contribution < 1.29 is 4.74 Å². The standard InChI is InChI=1S/C12H23NO/c1-9-7-11(8-14-9)12(13-2)6-5-10-3-4-10/h9-13H,3-8H2,1-2H3. The van der Waals surface area contributed by atoms with E-state index in [9.17, 15) is 0 Å². The first kappa shape index (κ1) is 10.4. The van der Waals surface area contributed by atoms with E-state index < -0.39 is 0 Å². The van der Waals surface area contributed by atoms with Gasteiger partial charge in [0.25, 0.3) is 0 Å². The van der Waals surface area contributed by atoms with Gasteiger partial charge in [0.1, 0.15) is 0 Å². The zero-order valence-electron chi connectivity index (χ0n) is 9.46. The molecule has 0 aromatic rings. The van der Waals surface area contributed by atoms with Crippen molar-refractivity contribution in [2.45, 2.75) is 51.2 Å². The van der Waals surface area contributed by atoms with Crippen LogP contribution in [0.1, 0.15) is 39.0 Å². The Hall–Kier alpha value is -0.0800. The van der Waals surface area contributed by atoms with Crippen LogP contribution in [0.4, 0.5) is 0 Å². The molecule has 0 aromatic heterocycles. The van der Waals surface area contributed by atoms with Crippen LogP contribution in [0.15, 0.2) is 0 Å². The van der Waals surface area contributed by atoms with Crippen molar-refractivity contribution in [3.63, 3.8) is 0 Å². The smallest absolute Gasteiger partial charge is 0.0551 e. The lowest BCUT2D eigenvalue weighted by molar-refractivity contribution is 0.116. The van der Waals surface area contributed by atoms with Crippen LogP contribution in [0, 0.1) is 11.8 Å². The van der Waals surface area contributed by atoms with Gasteiger partial charge in [-0.3, -0.25) is 0 Å². The lowest BCUT2D eigenvalue weighted by atomic mass is 9.92. The Balaban J connectivity index is 1.73. The second-order valence-electron chi connectivity index (χ2n) is 5.06. The summed E-state index contributed by atoms with van der Waals surface area (Å²) in [6.45, 7) is 3.16. The van der Waals surface area contributed by atoms with Gasteiger partial charge in [-0.1, -0.05) is 12.8 Å². The molecule has 2 nitrogen and oxygen atoms in total. The fourth-order valence-corrected chi connectivity index (χ4v) is 2.57. The second kappa shape index (κ2) is 4.63. The predicted molar refractivity (Wildman–Crippen MR) is 58.3 cm³/mol. The molecule has 3 atom stereocenters. The van der Waals surface area contributed by atoms with E-state index in [0.29, 0.717) is 12.1 Å². The highest BCUT2D eigenvalue weighted by Crippen LogP contribution is 2.35. The first-order valence-electron chi connectivity index (χ1n) is 6.08. The van der Waals surface area contributed by atoms with Gasteiger partial charge < -0.3 is 10.1 Å². The van der Waals surface area contributed by atoms with Gasteiger partial charge in [-0.25, -0.2) is 0 Å². The minimum Gasteiger partial charge on any atom is -0.378 e. The van der Waals surface area contributed by atoms with Crippen molar-refractivity contribution in [3.8, 4) is 0 Å². The Morgan fingerprint density at radius 2 is 2.21 bits per heavy atom. The Kier molecular flexibility index (Phi) is 3.45. The average molecular weight is 197 g/mol. The summed E-state index contributed by atoms with van der Waals surface area (Å²) in [7, 11) is 2.10. The Labute approximate surface area is 87.4 Å². The zero-order valence-corrected chi connectivity index (χ0v) is 9.46. The predicted octanol–water partition coefficient (Wildman–Crippen LogP) is 2.19. The van der Waals surface area contributed by atoms with Crippen LogP contribution in [0.25, 0.3) is 0 Å². The molecule has 1 aliphatic heterocycles. The minimum atomic E-state index is 0.483. The molecule has 1 saturated carbocycles. The average Bonchev–Trinajstić information content (AvgIpc) is 2.90. The summed E-state index contributed by atoms with van der Waals surface area (Å²) in [5, 5.41) is 3.47. The van der Waals surface area contributed by atoms with Gasteiger partial charge in [0.15, 0.2) is 0 Å². The normalized spacial score (nSPS) is 34.7. The first-order chi connectivity index (χ1) is 6.79. The molecule has 14 heavy (non-hydrogen) atoms. The van der Waals surface area contributed by atoms with Crippen LogP contribution >= 0.6 is 0 Å². The van der Waals surface area contributed by atoms with Gasteiger partial charge in [-0.15, -0.1) is 0 Å². The zero-order chi connectivity index (χ0) is 9.97. The van der Waals surface area contributed by atoms with E-state index in [-0.39, 0.29) is 0 Å². The van der Waals surface area contributed by atoms with Gasteiger partial charge >= 0.3 is 0 Å². The molecule has 1 heterocycles. The van der Waals surface area contributed by atoms with E-state index in [1.807, 2.05) is 0 Å². The fourth-order valence-electron chi connectivity index (χ4n) is 2.57. The summed E-state index contributed by atoms with van der Waals surface area (Å²) < 4.78 is 5.63. The van der Waals surface area contributed by atoms with E-state index in [1.165, 1.54) is 32.1 Å². The number of rotatable bonds is 5. The third-order valence-corrected chi connectivity index (χ3v) is 3.75. The molecule has 1 aliphatic carbocycles. The van der Waals surface area contributed by atoms with E-state index in [0.717, 1.165) is 18.4 Å². The minimum absolute atomic E-state index is 0.483. The maximum atomic E-state index is 5.63. The number of nitrogens with one attached hydrogen (secondary N) is 1. The number of ether oxygens (including phenoxy) is 1. The van der Waals surface area contributed by atoms with Crippen LogP contribution < -0.4 is 5.32 Å². The van der Waals surface area contributed by atoms with Crippen LogP contribution in [-0.4, -0.2) is 25.8 Å². The van der Waals surface area contributed by atoms with Gasteiger partial charge in [0.05, 0.1) is 12.7 Å². The Bertz CT molecular complexity index is 179. The molecule has 0 bridgehead atoms. The Morgan fingerprint density at radius 1 is 1.43 bits per heavy atom. The van der Waals surface area contributed by atoms with E-state index in [4.69, 9.17) is 4.74 Å². The third kappa shape index (κ3) is 2.71. The molecular weight excluding hydrogens is 174 g/mol. The Morgan fingerprint density at radius 3 is 2.71 bits per heavy atom. The summed E-state index contributed by atoms with van der Waals surface area (Å²) in [5.74, 6) is 1.82. The van der Waals surface area contributed by atoms with Gasteiger partial charge in [-0.05, 0) is 39.2 Å². The molecule has 1 saturated heterocycles. The topological polar surface area (TPSA) is 21.3 Å². The van der Waals surface area contributed by atoms with Crippen molar-refractivity contribution in [1.82, 2.24) is 5.32 Å². The molecule has 82 valence electrons. The van der Waals surface area contributed by atoms with Crippen molar-refractivity contribution >= 4 is 0 Å². The van der Waals surface area contributed by atoms with Crippen molar-refractivity contribution in [2.24, 2.45) is 11.8 Å². The summed E-state index contributed by atoms with van der Waals surface area (Å²) in [5.41, 5.74) is 0. The third-order valence-electron chi connectivity index (χ3n) is 3.75. The fraction of sp³-hybridized carbons (Fsp3) is 1.00. The largest absolute Gasteiger partial charge is 0.378 e. The van der Waals surface area contributed by atoms with E-state index >= 15 is 0 Å². The van der Waals surface area contributed by atoms with Crippen LogP contribution in [0.5, 0.6) is 0 Å². The first-order valence-corrected chi connectivity index (χ1v) is 6.08. The molecule has 2 rings (SSSR count). The highest BCUT2D eigenvalue weighted by Gasteiger charge is 2.30. The molecule has 0 spiro atoms. The molecule has 0 amide bonds. The maximum absolute atomic E-state index is 5.63. The lowest BCUT2D eigenvalue weighted by Gasteiger charge is -2.21. The van der Waals surface area contributed by atoms with Crippen LogP contribution in [-0.2, 0) is 4.74 Å². The molecule has 2 heteroatoms. The second-order valence-corrected chi connectivity index (χ2v) is 5.06. The summed E-state index contributed by atoms with van der Waals surface area (Å²) in [4.78, 5) is 0. The van der Waals surface area contributed by atoms with E-state index in [2.05, 4.69) is 19.3 Å². The van der Waals surface area contributed by atoms with Crippen LogP contribution in [0.3, 0.4) is 0 Å². The summed E-state index contributed by atoms with van der Waals surface area (Å²) >= 11 is 0. The molecule has 0 aromatic carbocycles.